The highest BCUT2D eigenvalue weighted by Gasteiger charge is 2.17. The van der Waals surface area contributed by atoms with E-state index in [4.69, 9.17) is 14.2 Å². The SMILES string of the molecule is CC/C=C\C/C=C\C/C=C\C/C=C\C/C=C\C/C=C\CCCOCC(COC(=O)CCCCCCCCCCCCCCCCCCCCC)OC(=O)CCCCC/C=C\C/C=C\C/C=C\CC. The van der Waals surface area contributed by atoms with Crippen LogP contribution in [0.4, 0.5) is 0 Å². The van der Waals surface area contributed by atoms with Crippen LogP contribution in [0.5, 0.6) is 0 Å². The molecule has 5 heteroatoms. The Hall–Kier alpha value is -3.44. The van der Waals surface area contributed by atoms with E-state index in [1.165, 1.54) is 109 Å². The molecule has 0 heterocycles. The molecule has 0 aliphatic carbocycles. The molecule has 0 saturated heterocycles. The summed E-state index contributed by atoms with van der Waals surface area (Å²) in [5.74, 6) is -0.461. The summed E-state index contributed by atoms with van der Waals surface area (Å²) >= 11 is 0. The van der Waals surface area contributed by atoms with Crippen LogP contribution in [0.15, 0.2) is 109 Å². The van der Waals surface area contributed by atoms with Crippen LogP contribution in [0.3, 0.4) is 0 Å². The molecule has 0 aromatic heterocycles. The monoisotopic (exact) mass is 943 g/mol. The summed E-state index contributed by atoms with van der Waals surface area (Å²) in [5, 5.41) is 0. The van der Waals surface area contributed by atoms with Gasteiger partial charge in [0.15, 0.2) is 6.10 Å². The van der Waals surface area contributed by atoms with E-state index in [1.807, 2.05) is 0 Å². The number of esters is 2. The lowest BCUT2D eigenvalue weighted by atomic mass is 10.0. The molecule has 0 fully saturated rings. The van der Waals surface area contributed by atoms with E-state index in [2.05, 4.69) is 130 Å². The quantitative estimate of drug-likeness (QED) is 0.0345. The number of rotatable bonds is 51. The van der Waals surface area contributed by atoms with Gasteiger partial charge in [-0.15, -0.1) is 0 Å². The van der Waals surface area contributed by atoms with Crippen molar-refractivity contribution in [1.29, 1.82) is 0 Å². The smallest absolute Gasteiger partial charge is 0.306 e. The lowest BCUT2D eigenvalue weighted by Crippen LogP contribution is -2.30. The van der Waals surface area contributed by atoms with Crippen molar-refractivity contribution in [3.8, 4) is 0 Å². The predicted molar refractivity (Wildman–Crippen MR) is 297 cm³/mol. The zero-order valence-corrected chi connectivity index (χ0v) is 44.6. The fourth-order valence-electron chi connectivity index (χ4n) is 7.66. The number of hydrogen-bond acceptors (Lipinski definition) is 5. The molecule has 0 saturated carbocycles. The summed E-state index contributed by atoms with van der Waals surface area (Å²) in [5.41, 5.74) is 0. The van der Waals surface area contributed by atoms with Crippen molar-refractivity contribution >= 4 is 11.9 Å². The van der Waals surface area contributed by atoms with Crippen molar-refractivity contribution in [3.05, 3.63) is 109 Å². The average molecular weight is 944 g/mol. The zero-order valence-electron chi connectivity index (χ0n) is 44.6. The van der Waals surface area contributed by atoms with E-state index < -0.39 is 6.10 Å². The summed E-state index contributed by atoms with van der Waals surface area (Å²) in [7, 11) is 0. The molecule has 1 atom stereocenters. The maximum atomic E-state index is 12.8. The van der Waals surface area contributed by atoms with Gasteiger partial charge < -0.3 is 14.2 Å². The number of unbranched alkanes of at least 4 members (excludes halogenated alkanes) is 22. The van der Waals surface area contributed by atoms with Crippen molar-refractivity contribution in [2.75, 3.05) is 19.8 Å². The molecule has 0 N–H and O–H groups in total. The van der Waals surface area contributed by atoms with Crippen LogP contribution < -0.4 is 0 Å². The molecule has 5 nitrogen and oxygen atoms in total. The second-order valence-corrected chi connectivity index (χ2v) is 18.4. The Balaban J connectivity index is 4.37. The Morgan fingerprint density at radius 1 is 0.338 bits per heavy atom. The number of carbonyl (C=O) groups excluding carboxylic acids is 2. The highest BCUT2D eigenvalue weighted by molar-refractivity contribution is 5.70. The highest BCUT2D eigenvalue weighted by atomic mass is 16.6. The number of carbonyl (C=O) groups is 2. The maximum absolute atomic E-state index is 12.8. The van der Waals surface area contributed by atoms with Gasteiger partial charge in [-0.1, -0.05) is 252 Å². The van der Waals surface area contributed by atoms with E-state index in [9.17, 15) is 9.59 Å². The first-order valence-electron chi connectivity index (χ1n) is 28.4. The second kappa shape index (κ2) is 57.9. The molecule has 0 aliphatic heterocycles. The van der Waals surface area contributed by atoms with Crippen molar-refractivity contribution in [3.63, 3.8) is 0 Å². The largest absolute Gasteiger partial charge is 0.462 e. The third-order valence-corrected chi connectivity index (χ3v) is 11.8. The summed E-state index contributed by atoms with van der Waals surface area (Å²) in [6.07, 6.45) is 79.9. The fraction of sp³-hybridized carbons (Fsp3) is 0.683. The Kier molecular flexibility index (Phi) is 54.9. The molecule has 0 amide bonds. The summed E-state index contributed by atoms with van der Waals surface area (Å²) in [6, 6.07) is 0. The van der Waals surface area contributed by atoms with E-state index in [0.29, 0.717) is 19.4 Å². The first-order valence-corrected chi connectivity index (χ1v) is 28.4. The maximum Gasteiger partial charge on any atom is 0.306 e. The molecule has 0 aromatic rings. The Bertz CT molecular complexity index is 1340. The van der Waals surface area contributed by atoms with Gasteiger partial charge in [-0.3, -0.25) is 9.59 Å². The molecule has 0 bridgehead atoms. The van der Waals surface area contributed by atoms with Gasteiger partial charge in [0.25, 0.3) is 0 Å². The number of allylic oxidation sites excluding steroid dienone is 18. The number of hydrogen-bond donors (Lipinski definition) is 0. The fourth-order valence-corrected chi connectivity index (χ4v) is 7.66. The Labute approximate surface area is 421 Å². The first-order chi connectivity index (χ1) is 33.6. The summed E-state index contributed by atoms with van der Waals surface area (Å²) in [6.45, 7) is 7.44. The second-order valence-electron chi connectivity index (χ2n) is 18.4. The van der Waals surface area contributed by atoms with Crippen molar-refractivity contribution in [2.45, 2.75) is 258 Å². The van der Waals surface area contributed by atoms with Crippen LogP contribution in [0, 0.1) is 0 Å². The lowest BCUT2D eigenvalue weighted by Gasteiger charge is -2.18. The Morgan fingerprint density at radius 2 is 0.662 bits per heavy atom. The molecular weight excluding hydrogens is 837 g/mol. The van der Waals surface area contributed by atoms with Crippen LogP contribution in [0.1, 0.15) is 252 Å². The van der Waals surface area contributed by atoms with Crippen molar-refractivity contribution in [1.82, 2.24) is 0 Å². The van der Waals surface area contributed by atoms with Gasteiger partial charge in [0.1, 0.15) is 6.61 Å². The van der Waals surface area contributed by atoms with E-state index in [1.54, 1.807) is 0 Å². The van der Waals surface area contributed by atoms with Gasteiger partial charge in [-0.25, -0.2) is 0 Å². The standard InChI is InChI=1S/C63H106O5/c1-4-7-10-13-16-19-22-25-27-29-31-33-35-37-40-43-46-49-52-55-58-66-59-61(68-63(65)57-54-51-48-45-42-38-24-21-18-15-12-9-6-3)60-67-62(64)56-53-50-47-44-41-39-36-34-32-30-28-26-23-20-17-14-11-8-5-2/h7,9-10,12,16,18-19,21,25,27,31,33,37-38,40,42,46,49,61H,4-6,8,11,13-15,17,20,22-24,26,28-30,32,34-36,39,41,43-45,47-48,50-60H2,1-3H3/b10-7-,12-9-,19-16-,21-18-,27-25-,33-31-,40-37-,42-38-,49-46-. The third-order valence-electron chi connectivity index (χ3n) is 11.8. The lowest BCUT2D eigenvalue weighted by molar-refractivity contribution is -0.163. The average Bonchev–Trinajstić information content (AvgIpc) is 3.34. The zero-order chi connectivity index (χ0) is 49.2. The van der Waals surface area contributed by atoms with Gasteiger partial charge in [-0.2, -0.15) is 0 Å². The summed E-state index contributed by atoms with van der Waals surface area (Å²) < 4.78 is 17.4. The molecule has 0 spiro atoms. The molecule has 0 radical (unpaired) electrons. The van der Waals surface area contributed by atoms with Gasteiger partial charge in [0.05, 0.1) is 6.61 Å². The van der Waals surface area contributed by atoms with Crippen LogP contribution in [-0.2, 0) is 23.8 Å². The molecule has 0 aliphatic rings. The van der Waals surface area contributed by atoms with Crippen LogP contribution in [-0.4, -0.2) is 37.9 Å². The number of ether oxygens (including phenoxy) is 3. The molecule has 68 heavy (non-hydrogen) atoms. The highest BCUT2D eigenvalue weighted by Crippen LogP contribution is 2.16. The van der Waals surface area contributed by atoms with Gasteiger partial charge in [-0.05, 0) is 96.3 Å². The minimum atomic E-state index is -0.587. The molecule has 388 valence electrons. The van der Waals surface area contributed by atoms with Crippen molar-refractivity contribution < 1.29 is 23.8 Å². The minimum Gasteiger partial charge on any atom is -0.462 e. The van der Waals surface area contributed by atoms with E-state index >= 15 is 0 Å². The van der Waals surface area contributed by atoms with Crippen LogP contribution in [0.2, 0.25) is 0 Å². The van der Waals surface area contributed by atoms with E-state index in [0.717, 1.165) is 109 Å². The molecule has 1 unspecified atom stereocenters. The van der Waals surface area contributed by atoms with Gasteiger partial charge >= 0.3 is 11.9 Å². The van der Waals surface area contributed by atoms with E-state index in [-0.39, 0.29) is 25.2 Å². The Morgan fingerprint density at radius 3 is 1.06 bits per heavy atom. The summed E-state index contributed by atoms with van der Waals surface area (Å²) in [4.78, 5) is 25.5. The normalized spacial score (nSPS) is 13.0. The van der Waals surface area contributed by atoms with Crippen molar-refractivity contribution in [2.24, 2.45) is 0 Å². The molecule has 0 aromatic carbocycles. The van der Waals surface area contributed by atoms with Gasteiger partial charge in [0.2, 0.25) is 0 Å². The third kappa shape index (κ3) is 55.2. The molecular formula is C63H106O5. The molecule has 0 rings (SSSR count). The van der Waals surface area contributed by atoms with Crippen LogP contribution in [0.25, 0.3) is 0 Å². The minimum absolute atomic E-state index is 0.0466. The predicted octanol–water partition coefficient (Wildman–Crippen LogP) is 19.6. The van der Waals surface area contributed by atoms with Gasteiger partial charge in [0, 0.05) is 19.4 Å². The topological polar surface area (TPSA) is 61.8 Å². The van der Waals surface area contributed by atoms with Crippen LogP contribution >= 0.6 is 0 Å². The first kappa shape index (κ1) is 64.6.